The van der Waals surface area contributed by atoms with Gasteiger partial charge in [-0.3, -0.25) is 0 Å². The van der Waals surface area contributed by atoms with Crippen LogP contribution in [0.3, 0.4) is 0 Å². The molecule has 0 saturated carbocycles. The Morgan fingerprint density at radius 1 is 1.15 bits per heavy atom. The zero-order valence-corrected chi connectivity index (χ0v) is 9.71. The normalized spacial score (nSPS) is 11.3. The van der Waals surface area contributed by atoms with E-state index in [9.17, 15) is 0 Å². The predicted octanol–water partition coefficient (Wildman–Crippen LogP) is 3.68. The maximum atomic E-state index is 5.98. The minimum atomic E-state index is -1.44. The van der Waals surface area contributed by atoms with Crippen LogP contribution in [0.1, 0.15) is 13.3 Å². The van der Waals surface area contributed by atoms with Crippen molar-refractivity contribution in [2.75, 3.05) is 0 Å². The molecule has 1 rings (SSSR count). The molecule has 0 radical (unpaired) electrons. The maximum Gasteiger partial charge on any atom is 0.245 e. The predicted molar refractivity (Wildman–Crippen MR) is 59.7 cm³/mol. The molecule has 72 valence electrons. The van der Waals surface area contributed by atoms with Crippen molar-refractivity contribution in [3.8, 4) is 5.75 Å². The van der Waals surface area contributed by atoms with Crippen LogP contribution in [0.4, 0.5) is 0 Å². The van der Waals surface area contributed by atoms with Gasteiger partial charge in [-0.2, -0.15) is 0 Å². The van der Waals surface area contributed by atoms with Crippen molar-refractivity contribution < 1.29 is 4.43 Å². The van der Waals surface area contributed by atoms with Gasteiger partial charge in [0.05, 0.1) is 0 Å². The van der Waals surface area contributed by atoms with E-state index in [1.165, 1.54) is 12.5 Å². The number of para-hydroxylation sites is 1. The molecule has 0 N–H and O–H groups in total. The molecular formula is C11H18OSi. The van der Waals surface area contributed by atoms with E-state index in [0.29, 0.717) is 0 Å². The van der Waals surface area contributed by atoms with Gasteiger partial charge in [0.2, 0.25) is 8.32 Å². The summed E-state index contributed by atoms with van der Waals surface area (Å²) in [5.41, 5.74) is 0. The lowest BCUT2D eigenvalue weighted by molar-refractivity contribution is 0.545. The van der Waals surface area contributed by atoms with Crippen molar-refractivity contribution in [3.05, 3.63) is 30.3 Å². The molecule has 0 spiro atoms. The Kier molecular flexibility index (Phi) is 3.55. The summed E-state index contributed by atoms with van der Waals surface area (Å²) >= 11 is 0. The molecule has 0 fully saturated rings. The summed E-state index contributed by atoms with van der Waals surface area (Å²) in [5.74, 6) is 1.02. The van der Waals surface area contributed by atoms with E-state index < -0.39 is 8.32 Å². The number of rotatable bonds is 4. The van der Waals surface area contributed by atoms with E-state index in [4.69, 9.17) is 4.43 Å². The highest BCUT2D eigenvalue weighted by atomic mass is 28.4. The fourth-order valence-corrected chi connectivity index (χ4v) is 3.54. The Balaban J connectivity index is 2.58. The van der Waals surface area contributed by atoms with Gasteiger partial charge in [-0.25, -0.2) is 0 Å². The van der Waals surface area contributed by atoms with Crippen molar-refractivity contribution in [2.45, 2.75) is 32.5 Å². The summed E-state index contributed by atoms with van der Waals surface area (Å²) in [5, 5.41) is 0. The van der Waals surface area contributed by atoms with Crippen LogP contribution in [-0.2, 0) is 0 Å². The van der Waals surface area contributed by atoms with Crippen LogP contribution in [0, 0.1) is 0 Å². The lowest BCUT2D eigenvalue weighted by Crippen LogP contribution is -2.33. The van der Waals surface area contributed by atoms with Crippen molar-refractivity contribution >= 4 is 8.32 Å². The van der Waals surface area contributed by atoms with Crippen LogP contribution in [0.25, 0.3) is 0 Å². The Morgan fingerprint density at radius 2 is 1.77 bits per heavy atom. The third-order valence-corrected chi connectivity index (χ3v) is 4.48. The van der Waals surface area contributed by atoms with Crippen LogP contribution in [0.15, 0.2) is 30.3 Å². The lowest BCUT2D eigenvalue weighted by atomic mass is 10.3. The van der Waals surface area contributed by atoms with Crippen LogP contribution in [-0.4, -0.2) is 8.32 Å². The van der Waals surface area contributed by atoms with E-state index in [1.807, 2.05) is 30.3 Å². The average molecular weight is 194 g/mol. The van der Waals surface area contributed by atoms with Crippen molar-refractivity contribution in [1.29, 1.82) is 0 Å². The minimum Gasteiger partial charge on any atom is -0.544 e. The highest BCUT2D eigenvalue weighted by Gasteiger charge is 2.22. The quantitative estimate of drug-likeness (QED) is 0.664. The standard InChI is InChI=1S/C11H18OSi/c1-4-10-13(2,3)12-11-8-6-5-7-9-11/h5-9H,4,10H2,1-3H3. The van der Waals surface area contributed by atoms with Crippen LogP contribution in [0.2, 0.25) is 19.1 Å². The first kappa shape index (κ1) is 10.3. The van der Waals surface area contributed by atoms with Gasteiger partial charge in [-0.05, 0) is 31.3 Å². The highest BCUT2D eigenvalue weighted by molar-refractivity contribution is 6.71. The molecule has 13 heavy (non-hydrogen) atoms. The second kappa shape index (κ2) is 4.47. The van der Waals surface area contributed by atoms with Crippen LogP contribution >= 0.6 is 0 Å². The Morgan fingerprint density at radius 3 is 2.31 bits per heavy atom. The van der Waals surface area contributed by atoms with Gasteiger partial charge in [0.1, 0.15) is 5.75 Å². The largest absolute Gasteiger partial charge is 0.544 e. The molecule has 0 aliphatic heterocycles. The number of hydrogen-bond donors (Lipinski definition) is 0. The molecule has 1 aromatic carbocycles. The van der Waals surface area contributed by atoms with Gasteiger partial charge in [-0.1, -0.05) is 31.5 Å². The maximum absolute atomic E-state index is 5.98. The minimum absolute atomic E-state index is 1.02. The summed E-state index contributed by atoms with van der Waals surface area (Å²) < 4.78 is 5.98. The van der Waals surface area contributed by atoms with E-state index in [0.717, 1.165) is 5.75 Å². The lowest BCUT2D eigenvalue weighted by Gasteiger charge is -2.23. The van der Waals surface area contributed by atoms with E-state index >= 15 is 0 Å². The average Bonchev–Trinajstić information content (AvgIpc) is 2.04. The molecule has 1 nitrogen and oxygen atoms in total. The molecular weight excluding hydrogens is 176 g/mol. The van der Waals surface area contributed by atoms with Crippen LogP contribution in [0.5, 0.6) is 5.75 Å². The van der Waals surface area contributed by atoms with Crippen molar-refractivity contribution in [3.63, 3.8) is 0 Å². The van der Waals surface area contributed by atoms with Gasteiger partial charge in [-0.15, -0.1) is 0 Å². The first-order chi connectivity index (χ1) is 6.14. The molecule has 0 aliphatic carbocycles. The molecule has 2 heteroatoms. The second-order valence-electron chi connectivity index (χ2n) is 3.92. The van der Waals surface area contributed by atoms with Crippen LogP contribution < -0.4 is 4.43 Å². The van der Waals surface area contributed by atoms with Gasteiger partial charge in [0.15, 0.2) is 0 Å². The molecule has 0 amide bonds. The van der Waals surface area contributed by atoms with E-state index in [1.54, 1.807) is 0 Å². The molecule has 0 saturated heterocycles. The molecule has 0 atom stereocenters. The molecule has 0 bridgehead atoms. The molecule has 0 aliphatic rings. The monoisotopic (exact) mass is 194 g/mol. The Bertz CT molecular complexity index is 244. The summed E-state index contributed by atoms with van der Waals surface area (Å²) in [6.07, 6.45) is 1.21. The summed E-state index contributed by atoms with van der Waals surface area (Å²) in [6.45, 7) is 6.75. The first-order valence-electron chi connectivity index (χ1n) is 4.88. The third-order valence-electron chi connectivity index (χ3n) is 1.99. The van der Waals surface area contributed by atoms with Gasteiger partial charge >= 0.3 is 0 Å². The number of benzene rings is 1. The highest BCUT2D eigenvalue weighted by Crippen LogP contribution is 2.19. The van der Waals surface area contributed by atoms with E-state index in [2.05, 4.69) is 20.0 Å². The topological polar surface area (TPSA) is 9.23 Å². The Hall–Kier alpha value is -0.763. The fourth-order valence-electron chi connectivity index (χ4n) is 1.46. The van der Waals surface area contributed by atoms with Gasteiger partial charge in [0, 0.05) is 0 Å². The zero-order valence-electron chi connectivity index (χ0n) is 8.71. The SMILES string of the molecule is CCC[Si](C)(C)Oc1ccccc1. The Labute approximate surface area is 81.9 Å². The summed E-state index contributed by atoms with van der Waals surface area (Å²) in [7, 11) is -1.44. The van der Waals surface area contributed by atoms with Gasteiger partial charge < -0.3 is 4.43 Å². The third kappa shape index (κ3) is 3.64. The molecule has 0 aromatic heterocycles. The van der Waals surface area contributed by atoms with Gasteiger partial charge in [0.25, 0.3) is 0 Å². The molecule has 1 aromatic rings. The van der Waals surface area contributed by atoms with Crippen molar-refractivity contribution in [1.82, 2.24) is 0 Å². The second-order valence-corrected chi connectivity index (χ2v) is 8.15. The fraction of sp³-hybridized carbons (Fsp3) is 0.455. The first-order valence-corrected chi connectivity index (χ1v) is 7.99. The summed E-state index contributed by atoms with van der Waals surface area (Å²) in [6, 6.07) is 11.3. The smallest absolute Gasteiger partial charge is 0.245 e. The van der Waals surface area contributed by atoms with E-state index in [-0.39, 0.29) is 0 Å². The molecule has 0 unspecified atom stereocenters. The molecule has 0 heterocycles. The zero-order chi connectivity index (χ0) is 9.73. The summed E-state index contributed by atoms with van der Waals surface area (Å²) in [4.78, 5) is 0. The van der Waals surface area contributed by atoms with Crippen molar-refractivity contribution in [2.24, 2.45) is 0 Å². The number of hydrogen-bond acceptors (Lipinski definition) is 1.